The van der Waals surface area contributed by atoms with Crippen LogP contribution in [0.4, 0.5) is 0 Å². The van der Waals surface area contributed by atoms with Gasteiger partial charge in [0.1, 0.15) is 0 Å². The van der Waals surface area contributed by atoms with Crippen LogP contribution in [-0.2, 0) is 9.53 Å². The molecule has 9 nitrogen and oxygen atoms in total. The van der Waals surface area contributed by atoms with Crippen molar-refractivity contribution in [3.63, 3.8) is 0 Å². The summed E-state index contributed by atoms with van der Waals surface area (Å²) in [5, 5.41) is 7.68. The minimum atomic E-state index is -0.222. The molecular weight excluding hydrogens is 508 g/mol. The smallest absolute Gasteiger partial charge is 0.251 e. The fourth-order valence-corrected chi connectivity index (χ4v) is 5.87. The quantitative estimate of drug-likeness (QED) is 0.295. The molecular formula is C31H40N4O5. The van der Waals surface area contributed by atoms with E-state index in [1.807, 2.05) is 12.1 Å². The Bertz CT molecular complexity index is 1320. The van der Waals surface area contributed by atoms with Crippen molar-refractivity contribution in [2.24, 2.45) is 5.92 Å². The van der Waals surface area contributed by atoms with Gasteiger partial charge in [-0.05, 0) is 61.9 Å². The maximum absolute atomic E-state index is 14.2. The van der Waals surface area contributed by atoms with E-state index in [0.717, 1.165) is 42.1 Å². The molecule has 1 aliphatic heterocycles. The molecule has 0 bridgehead atoms. The molecule has 5 rings (SSSR count). The fraction of sp³-hybridized carbons (Fsp3) is 0.484. The number of amides is 2. The Morgan fingerprint density at radius 2 is 1.85 bits per heavy atom. The molecule has 2 fully saturated rings. The lowest BCUT2D eigenvalue weighted by molar-refractivity contribution is -0.140. The number of hydrogen-bond donors (Lipinski definition) is 3. The van der Waals surface area contributed by atoms with E-state index >= 15 is 0 Å². The van der Waals surface area contributed by atoms with Crippen molar-refractivity contribution in [2.45, 2.75) is 50.2 Å². The van der Waals surface area contributed by atoms with E-state index in [9.17, 15) is 9.59 Å². The SMILES string of the molecule is COCCCC(c1c[nH]c2ccccc12)N(C(=O)[C@@H]1CNC[C@@H](NC(=O)c2ccc(OC)c(OC)c2)C1)C1CC1. The number of rotatable bonds is 12. The molecule has 2 amide bonds. The van der Waals surface area contributed by atoms with E-state index in [1.165, 1.54) is 0 Å². The first kappa shape index (κ1) is 28.0. The number of nitrogens with one attached hydrogen (secondary N) is 3. The van der Waals surface area contributed by atoms with Crippen molar-refractivity contribution < 1.29 is 23.8 Å². The third kappa shape index (κ3) is 6.10. The van der Waals surface area contributed by atoms with E-state index < -0.39 is 0 Å². The topological polar surface area (TPSA) is 105 Å². The Balaban J connectivity index is 1.33. The molecule has 3 atom stereocenters. The summed E-state index contributed by atoms with van der Waals surface area (Å²) in [6.45, 7) is 1.87. The highest BCUT2D eigenvalue weighted by atomic mass is 16.5. The summed E-state index contributed by atoms with van der Waals surface area (Å²) in [5.74, 6) is 0.811. The number of piperidine rings is 1. The summed E-state index contributed by atoms with van der Waals surface area (Å²) in [4.78, 5) is 32.9. The number of benzene rings is 2. The standard InChI is InChI=1S/C31H40N4O5/c1-38-14-6-9-27(25-19-33-26-8-5-4-7-24(25)26)35(23-11-12-23)31(37)21-15-22(18-32-17-21)34-30(36)20-10-13-28(39-2)29(16-20)40-3/h4-5,7-8,10,13,16,19,21-23,27,32-33H,6,9,11-12,14-15,17-18H2,1-3H3,(H,34,36)/t21-,22-,27?/m0/s1. The number of carbonyl (C=O) groups excluding carboxylic acids is 2. The number of aromatic amines is 1. The molecule has 1 unspecified atom stereocenters. The lowest BCUT2D eigenvalue weighted by Crippen LogP contribution is -2.53. The van der Waals surface area contributed by atoms with Crippen LogP contribution in [0, 0.1) is 5.92 Å². The summed E-state index contributed by atoms with van der Waals surface area (Å²) < 4.78 is 16.0. The van der Waals surface area contributed by atoms with Gasteiger partial charge < -0.3 is 34.7 Å². The van der Waals surface area contributed by atoms with Gasteiger partial charge in [0, 0.05) is 61.6 Å². The molecule has 1 aromatic heterocycles. The number of nitrogens with zero attached hydrogens (tertiary/aromatic N) is 1. The second-order valence-corrected chi connectivity index (χ2v) is 10.7. The van der Waals surface area contributed by atoms with E-state index in [0.29, 0.717) is 43.2 Å². The predicted molar refractivity (Wildman–Crippen MR) is 154 cm³/mol. The monoisotopic (exact) mass is 548 g/mol. The molecule has 2 heterocycles. The zero-order chi connectivity index (χ0) is 28.1. The van der Waals surface area contributed by atoms with Gasteiger partial charge in [-0.25, -0.2) is 0 Å². The molecule has 0 spiro atoms. The van der Waals surface area contributed by atoms with Gasteiger partial charge >= 0.3 is 0 Å². The van der Waals surface area contributed by atoms with Crippen LogP contribution in [0.25, 0.3) is 10.9 Å². The summed E-state index contributed by atoms with van der Waals surface area (Å²) in [7, 11) is 4.83. The number of fused-ring (bicyclic) bond motifs is 1. The molecule has 214 valence electrons. The predicted octanol–water partition coefficient (Wildman–Crippen LogP) is 4.05. The molecule has 3 N–H and O–H groups in total. The minimum Gasteiger partial charge on any atom is -0.493 e. The van der Waals surface area contributed by atoms with Gasteiger partial charge in [-0.2, -0.15) is 0 Å². The first-order chi connectivity index (χ1) is 19.5. The summed E-state index contributed by atoms with van der Waals surface area (Å²) in [6, 6.07) is 13.4. The highest BCUT2D eigenvalue weighted by molar-refractivity contribution is 5.95. The van der Waals surface area contributed by atoms with Gasteiger partial charge in [-0.3, -0.25) is 9.59 Å². The molecule has 2 aliphatic rings. The van der Waals surface area contributed by atoms with Gasteiger partial charge in [0.25, 0.3) is 5.91 Å². The maximum Gasteiger partial charge on any atom is 0.251 e. The molecule has 1 aliphatic carbocycles. The van der Waals surface area contributed by atoms with Gasteiger partial charge in [-0.15, -0.1) is 0 Å². The summed E-state index contributed by atoms with van der Waals surface area (Å²) >= 11 is 0. The van der Waals surface area contributed by atoms with Crippen molar-refractivity contribution in [1.29, 1.82) is 0 Å². The second-order valence-electron chi connectivity index (χ2n) is 10.7. The lowest BCUT2D eigenvalue weighted by atomic mass is 9.91. The number of para-hydroxylation sites is 1. The largest absolute Gasteiger partial charge is 0.493 e. The van der Waals surface area contributed by atoms with Crippen molar-refractivity contribution in [3.8, 4) is 11.5 Å². The number of ether oxygens (including phenoxy) is 3. The first-order valence-corrected chi connectivity index (χ1v) is 14.1. The van der Waals surface area contributed by atoms with Gasteiger partial charge in [0.15, 0.2) is 11.5 Å². The number of methoxy groups -OCH3 is 3. The Hall–Kier alpha value is -3.56. The van der Waals surface area contributed by atoms with Crippen LogP contribution in [0.2, 0.25) is 0 Å². The Kier molecular flexibility index (Phi) is 8.91. The lowest BCUT2D eigenvalue weighted by Gasteiger charge is -2.38. The molecule has 2 aromatic carbocycles. The molecule has 3 aromatic rings. The second kappa shape index (κ2) is 12.7. The molecule has 40 heavy (non-hydrogen) atoms. The average molecular weight is 549 g/mol. The summed E-state index contributed by atoms with van der Waals surface area (Å²) in [6.07, 6.45) is 6.40. The van der Waals surface area contributed by atoms with Gasteiger partial charge in [-0.1, -0.05) is 18.2 Å². The number of hydrogen-bond acceptors (Lipinski definition) is 6. The third-order valence-corrected chi connectivity index (χ3v) is 8.02. The normalized spacial score (nSPS) is 19.7. The average Bonchev–Trinajstić information content (AvgIpc) is 3.73. The molecule has 9 heteroatoms. The van der Waals surface area contributed by atoms with E-state index in [1.54, 1.807) is 39.5 Å². The van der Waals surface area contributed by atoms with Crippen LogP contribution in [0.15, 0.2) is 48.7 Å². The van der Waals surface area contributed by atoms with E-state index in [-0.39, 0.29) is 35.9 Å². The fourth-order valence-electron chi connectivity index (χ4n) is 5.87. The van der Waals surface area contributed by atoms with Crippen LogP contribution < -0.4 is 20.1 Å². The Labute approximate surface area is 235 Å². The summed E-state index contributed by atoms with van der Waals surface area (Å²) in [5.41, 5.74) is 2.73. The van der Waals surface area contributed by atoms with Crippen molar-refractivity contribution in [3.05, 3.63) is 59.8 Å². The highest BCUT2D eigenvalue weighted by Crippen LogP contribution is 2.40. The minimum absolute atomic E-state index is 0.0342. The van der Waals surface area contributed by atoms with Gasteiger partial charge in [0.05, 0.1) is 26.2 Å². The first-order valence-electron chi connectivity index (χ1n) is 14.1. The van der Waals surface area contributed by atoms with Crippen LogP contribution in [0.3, 0.4) is 0 Å². The zero-order valence-corrected chi connectivity index (χ0v) is 23.6. The van der Waals surface area contributed by atoms with Crippen LogP contribution in [0.5, 0.6) is 11.5 Å². The van der Waals surface area contributed by atoms with Crippen molar-refractivity contribution in [2.75, 3.05) is 41.0 Å². The van der Waals surface area contributed by atoms with Crippen LogP contribution in [0.1, 0.15) is 54.1 Å². The van der Waals surface area contributed by atoms with Gasteiger partial charge in [0.2, 0.25) is 5.91 Å². The third-order valence-electron chi connectivity index (χ3n) is 8.02. The van der Waals surface area contributed by atoms with Crippen molar-refractivity contribution >= 4 is 22.7 Å². The molecule has 0 radical (unpaired) electrons. The zero-order valence-electron chi connectivity index (χ0n) is 23.6. The van der Waals surface area contributed by atoms with E-state index in [2.05, 4.69) is 38.8 Å². The highest BCUT2D eigenvalue weighted by Gasteiger charge is 2.42. The Morgan fingerprint density at radius 3 is 2.60 bits per heavy atom. The van der Waals surface area contributed by atoms with E-state index in [4.69, 9.17) is 14.2 Å². The Morgan fingerprint density at radius 1 is 1.05 bits per heavy atom. The number of H-pyrrole nitrogens is 1. The maximum atomic E-state index is 14.2. The van der Waals surface area contributed by atoms with Crippen LogP contribution >= 0.6 is 0 Å². The van der Waals surface area contributed by atoms with Crippen LogP contribution in [-0.4, -0.2) is 74.8 Å². The number of carbonyl (C=O) groups is 2. The van der Waals surface area contributed by atoms with Crippen molar-refractivity contribution in [1.82, 2.24) is 20.5 Å². The number of aromatic nitrogens is 1. The molecule has 1 saturated carbocycles. The molecule has 1 saturated heterocycles.